The van der Waals surface area contributed by atoms with Crippen LogP contribution >= 0.6 is 0 Å². The minimum Gasteiger partial charge on any atom is -0.494 e. The van der Waals surface area contributed by atoms with Gasteiger partial charge in [0.25, 0.3) is 0 Å². The number of rotatable bonds is 18. The summed E-state index contributed by atoms with van der Waals surface area (Å²) < 4.78 is 23.1. The molecule has 6 aromatic rings. The van der Waals surface area contributed by atoms with Crippen molar-refractivity contribution in [1.82, 2.24) is 18.9 Å². The quantitative estimate of drug-likeness (QED) is 0.0687. The summed E-state index contributed by atoms with van der Waals surface area (Å²) in [5.74, 6) is 1.87. The third-order valence-corrected chi connectivity index (χ3v) is 17.5. The SMILES string of the molecule is CC(C)(C)[Si](C)(C)OCCc1cc2ccccc2n1-c1ccc(OCCCN2CCCC2)cc1.OCCc1cc2ccccc2n1-c1ccc(OCCCN2CCCC2)cc1. The highest BCUT2D eigenvalue weighted by Gasteiger charge is 2.37. The number of benzene rings is 4. The second kappa shape index (κ2) is 21.1. The zero-order valence-corrected chi connectivity index (χ0v) is 38.6. The van der Waals surface area contributed by atoms with Crippen LogP contribution in [0.2, 0.25) is 18.1 Å². The summed E-state index contributed by atoms with van der Waals surface area (Å²) in [5.41, 5.74) is 7.10. The molecule has 0 atom stereocenters. The van der Waals surface area contributed by atoms with Crippen LogP contribution in [0, 0.1) is 0 Å². The normalized spacial score (nSPS) is 15.1. The van der Waals surface area contributed by atoms with E-state index in [9.17, 15) is 5.11 Å². The molecule has 0 radical (unpaired) electrons. The molecular weight excluding hydrogens is 773 g/mol. The molecule has 0 aliphatic carbocycles. The van der Waals surface area contributed by atoms with Gasteiger partial charge in [0, 0.05) is 72.7 Å². The van der Waals surface area contributed by atoms with Crippen molar-refractivity contribution in [3.05, 3.63) is 121 Å². The molecule has 2 aliphatic rings. The zero-order chi connectivity index (χ0) is 42.7. The summed E-state index contributed by atoms with van der Waals surface area (Å²) in [4.78, 5) is 5.06. The number of aliphatic hydroxyl groups excluding tert-OH is 1. The van der Waals surface area contributed by atoms with E-state index in [0.717, 1.165) is 75.1 Å². The van der Waals surface area contributed by atoms with E-state index in [0.29, 0.717) is 6.42 Å². The van der Waals surface area contributed by atoms with Gasteiger partial charge in [0.2, 0.25) is 0 Å². The maximum atomic E-state index is 9.42. The Bertz CT molecular complexity index is 2240. The second-order valence-corrected chi connectivity index (χ2v) is 23.2. The Morgan fingerprint density at radius 1 is 0.557 bits per heavy atom. The summed E-state index contributed by atoms with van der Waals surface area (Å²) >= 11 is 0. The molecule has 326 valence electrons. The number of aliphatic hydroxyl groups is 1. The maximum Gasteiger partial charge on any atom is 0.191 e. The Labute approximate surface area is 366 Å². The fourth-order valence-corrected chi connectivity index (χ4v) is 9.54. The highest BCUT2D eigenvalue weighted by Crippen LogP contribution is 2.37. The molecule has 2 saturated heterocycles. The minimum atomic E-state index is -1.76. The van der Waals surface area contributed by atoms with Crippen molar-refractivity contribution >= 4 is 30.1 Å². The summed E-state index contributed by atoms with van der Waals surface area (Å²) in [6.45, 7) is 21.3. The van der Waals surface area contributed by atoms with Crippen LogP contribution in [0.15, 0.2) is 109 Å². The predicted octanol–water partition coefficient (Wildman–Crippen LogP) is 11.1. The van der Waals surface area contributed by atoms with Crippen LogP contribution in [0.5, 0.6) is 11.5 Å². The highest BCUT2D eigenvalue weighted by molar-refractivity contribution is 6.74. The summed E-state index contributed by atoms with van der Waals surface area (Å²) in [6, 6.07) is 38.3. The largest absolute Gasteiger partial charge is 0.494 e. The van der Waals surface area contributed by atoms with Crippen molar-refractivity contribution in [2.75, 3.05) is 65.7 Å². The molecule has 0 unspecified atom stereocenters. The summed E-state index contributed by atoms with van der Waals surface area (Å²) in [6.07, 6.45) is 9.08. The monoisotopic (exact) mass is 843 g/mol. The molecule has 2 aromatic heterocycles. The lowest BCUT2D eigenvalue weighted by Crippen LogP contribution is -2.41. The molecule has 9 heteroatoms. The molecule has 4 heterocycles. The van der Waals surface area contributed by atoms with E-state index in [2.05, 4.69) is 150 Å². The molecular formula is C52H70N4O4Si. The molecule has 0 bridgehead atoms. The van der Waals surface area contributed by atoms with Gasteiger partial charge >= 0.3 is 0 Å². The number of para-hydroxylation sites is 2. The van der Waals surface area contributed by atoms with Gasteiger partial charge in [0.15, 0.2) is 8.32 Å². The van der Waals surface area contributed by atoms with Gasteiger partial charge in [0.1, 0.15) is 11.5 Å². The summed E-state index contributed by atoms with van der Waals surface area (Å²) in [7, 11) is -1.76. The molecule has 0 saturated carbocycles. The number of hydrogen-bond acceptors (Lipinski definition) is 6. The Balaban J connectivity index is 0.000000189. The summed E-state index contributed by atoms with van der Waals surface area (Å²) in [5, 5.41) is 12.1. The lowest BCUT2D eigenvalue weighted by Gasteiger charge is -2.36. The van der Waals surface area contributed by atoms with Crippen molar-refractivity contribution in [2.45, 2.75) is 90.3 Å². The Hall–Kier alpha value is -4.38. The first-order chi connectivity index (χ1) is 29.6. The van der Waals surface area contributed by atoms with Gasteiger partial charge in [-0.3, -0.25) is 0 Å². The van der Waals surface area contributed by atoms with Gasteiger partial charge in [-0.2, -0.15) is 0 Å². The number of fused-ring (bicyclic) bond motifs is 2. The number of nitrogens with zero attached hydrogens (tertiary/aromatic N) is 4. The molecule has 8 nitrogen and oxygen atoms in total. The average molecular weight is 843 g/mol. The number of hydrogen-bond donors (Lipinski definition) is 1. The zero-order valence-electron chi connectivity index (χ0n) is 37.6. The van der Waals surface area contributed by atoms with Crippen LogP contribution in [0.4, 0.5) is 0 Å². The van der Waals surface area contributed by atoms with Crippen molar-refractivity contribution < 1.29 is 19.0 Å². The lowest BCUT2D eigenvalue weighted by molar-refractivity contribution is 0.263. The second-order valence-electron chi connectivity index (χ2n) is 18.4. The van der Waals surface area contributed by atoms with Gasteiger partial charge < -0.3 is 37.9 Å². The lowest BCUT2D eigenvalue weighted by atomic mass is 10.2. The Morgan fingerprint density at radius 3 is 1.41 bits per heavy atom. The Morgan fingerprint density at radius 2 is 0.984 bits per heavy atom. The van der Waals surface area contributed by atoms with Gasteiger partial charge in [-0.25, -0.2) is 0 Å². The van der Waals surface area contributed by atoms with Crippen LogP contribution in [0.25, 0.3) is 33.2 Å². The molecule has 0 spiro atoms. The van der Waals surface area contributed by atoms with E-state index < -0.39 is 8.32 Å². The molecule has 2 aliphatic heterocycles. The third-order valence-electron chi connectivity index (χ3n) is 12.9. The van der Waals surface area contributed by atoms with Crippen LogP contribution in [-0.4, -0.2) is 98.1 Å². The van der Waals surface area contributed by atoms with Crippen molar-refractivity contribution in [3.63, 3.8) is 0 Å². The van der Waals surface area contributed by atoms with E-state index in [1.807, 2.05) is 12.1 Å². The molecule has 4 aromatic carbocycles. The van der Waals surface area contributed by atoms with Gasteiger partial charge in [-0.05, 0) is 156 Å². The van der Waals surface area contributed by atoms with Crippen molar-refractivity contribution in [1.29, 1.82) is 0 Å². The van der Waals surface area contributed by atoms with Crippen LogP contribution in [-0.2, 0) is 17.3 Å². The first kappa shape index (κ1) is 44.7. The third kappa shape index (κ3) is 11.8. The van der Waals surface area contributed by atoms with Crippen molar-refractivity contribution in [2.24, 2.45) is 0 Å². The number of ether oxygens (including phenoxy) is 2. The number of likely N-dealkylation sites (tertiary alicyclic amines) is 2. The molecule has 0 amide bonds. The van der Waals surface area contributed by atoms with E-state index in [-0.39, 0.29) is 11.6 Å². The Kier molecular flexibility index (Phi) is 15.5. The van der Waals surface area contributed by atoms with Crippen molar-refractivity contribution in [3.8, 4) is 22.9 Å². The van der Waals surface area contributed by atoms with E-state index >= 15 is 0 Å². The first-order valence-electron chi connectivity index (χ1n) is 22.9. The van der Waals surface area contributed by atoms with E-state index in [1.165, 1.54) is 85.0 Å². The highest BCUT2D eigenvalue weighted by atomic mass is 28.4. The minimum absolute atomic E-state index is 0.147. The van der Waals surface area contributed by atoms with Gasteiger partial charge in [-0.15, -0.1) is 0 Å². The van der Waals surface area contributed by atoms with Crippen LogP contribution in [0.3, 0.4) is 0 Å². The van der Waals surface area contributed by atoms with Gasteiger partial charge in [0.05, 0.1) is 24.2 Å². The van der Waals surface area contributed by atoms with Gasteiger partial charge in [-0.1, -0.05) is 57.2 Å². The fourth-order valence-electron chi connectivity index (χ4n) is 8.50. The maximum absolute atomic E-state index is 9.42. The van der Waals surface area contributed by atoms with Crippen LogP contribution in [0.1, 0.15) is 70.7 Å². The number of aromatic nitrogens is 2. The fraction of sp³-hybridized carbons (Fsp3) is 0.462. The standard InChI is InChI=1S/C29H42N2O2Si.C23H28N2O2/c1-29(2,3)34(4,5)33-22-17-26-23-24-11-6-7-12-28(24)31(26)25-13-15-27(16-14-25)32-21-10-20-30-18-8-9-19-30;26-16-12-21-18-19-6-1-2-7-23(19)25(21)20-8-10-22(11-9-20)27-17-5-15-24-13-3-4-14-24/h6-7,11-16,23H,8-10,17-22H2,1-5H3;1-2,6-11,18,26H,3-5,12-17H2. The van der Waals surface area contributed by atoms with E-state index in [4.69, 9.17) is 13.9 Å². The van der Waals surface area contributed by atoms with E-state index in [1.54, 1.807) is 0 Å². The predicted molar refractivity (Wildman–Crippen MR) is 256 cm³/mol. The first-order valence-corrected chi connectivity index (χ1v) is 25.9. The smallest absolute Gasteiger partial charge is 0.191 e. The molecule has 61 heavy (non-hydrogen) atoms. The molecule has 1 N–H and O–H groups in total. The topological polar surface area (TPSA) is 64.3 Å². The van der Waals surface area contributed by atoms with Crippen LogP contribution < -0.4 is 9.47 Å². The molecule has 8 rings (SSSR count). The molecule has 2 fully saturated rings. The average Bonchev–Trinajstić information content (AvgIpc) is 4.09.